The Balaban J connectivity index is 1.67. The number of aliphatic hydroxyl groups is 1. The molecule has 0 spiro atoms. The second kappa shape index (κ2) is 5.65. The fraction of sp³-hybridized carbons (Fsp3) is 0.615. The Morgan fingerprint density at radius 2 is 2.24 bits per heavy atom. The van der Waals surface area contributed by atoms with E-state index in [-0.39, 0.29) is 5.91 Å². The third-order valence-corrected chi connectivity index (χ3v) is 4.10. The minimum Gasteiger partial charge on any atom is -0.388 e. The predicted molar refractivity (Wildman–Crippen MR) is 69.1 cm³/mol. The molecule has 1 heterocycles. The number of carbonyl (C=O) groups is 1. The fourth-order valence-corrected chi connectivity index (χ4v) is 2.96. The highest BCUT2D eigenvalue weighted by atomic mass is 32.1. The Labute approximate surface area is 106 Å². The summed E-state index contributed by atoms with van der Waals surface area (Å²) in [6.45, 7) is 0.412. The molecular formula is C13H19NO2S. The van der Waals surface area contributed by atoms with Gasteiger partial charge in [0.05, 0.1) is 5.60 Å². The second-order valence-electron chi connectivity index (χ2n) is 4.84. The van der Waals surface area contributed by atoms with Crippen LogP contribution in [-0.2, 0) is 11.2 Å². The standard InChI is InChI=1S/C13H19NO2S/c15-12(4-3-11-5-8-17-9-11)14-10-13(16)6-1-2-7-13/h5,8-9,16H,1-4,6-7,10H2,(H,14,15). The van der Waals surface area contributed by atoms with E-state index < -0.39 is 5.60 Å². The number of rotatable bonds is 5. The SMILES string of the molecule is O=C(CCc1ccsc1)NCC1(O)CCCC1. The van der Waals surface area contributed by atoms with Crippen LogP contribution in [0.1, 0.15) is 37.7 Å². The monoisotopic (exact) mass is 253 g/mol. The van der Waals surface area contributed by atoms with Crippen molar-refractivity contribution in [3.63, 3.8) is 0 Å². The maximum atomic E-state index is 11.6. The largest absolute Gasteiger partial charge is 0.388 e. The van der Waals surface area contributed by atoms with Gasteiger partial charge in [-0.3, -0.25) is 4.79 Å². The second-order valence-corrected chi connectivity index (χ2v) is 5.62. The van der Waals surface area contributed by atoms with E-state index in [0.29, 0.717) is 13.0 Å². The predicted octanol–water partition coefficient (Wildman–Crippen LogP) is 2.10. The summed E-state index contributed by atoms with van der Waals surface area (Å²) in [5.41, 5.74) is 0.572. The molecule has 17 heavy (non-hydrogen) atoms. The first-order valence-corrected chi connectivity index (χ1v) is 7.12. The van der Waals surface area contributed by atoms with Crippen molar-refractivity contribution in [1.82, 2.24) is 5.32 Å². The molecule has 2 rings (SSSR count). The third kappa shape index (κ3) is 3.82. The normalized spacial score (nSPS) is 18.2. The molecule has 0 aliphatic heterocycles. The Bertz CT molecular complexity index is 356. The Morgan fingerprint density at radius 3 is 2.88 bits per heavy atom. The molecule has 2 N–H and O–H groups in total. The van der Waals surface area contributed by atoms with Gasteiger partial charge in [0.15, 0.2) is 0 Å². The van der Waals surface area contributed by atoms with Crippen molar-refractivity contribution in [3.8, 4) is 0 Å². The zero-order chi connectivity index (χ0) is 12.1. The summed E-state index contributed by atoms with van der Waals surface area (Å²) >= 11 is 1.65. The van der Waals surface area contributed by atoms with Crippen molar-refractivity contribution < 1.29 is 9.90 Å². The lowest BCUT2D eigenvalue weighted by molar-refractivity contribution is -0.122. The minimum absolute atomic E-state index is 0.0384. The van der Waals surface area contributed by atoms with Gasteiger partial charge in [0, 0.05) is 13.0 Å². The van der Waals surface area contributed by atoms with Crippen LogP contribution in [0.25, 0.3) is 0 Å². The van der Waals surface area contributed by atoms with Gasteiger partial charge < -0.3 is 10.4 Å². The Morgan fingerprint density at radius 1 is 1.47 bits per heavy atom. The average Bonchev–Trinajstić information content (AvgIpc) is 2.95. The van der Waals surface area contributed by atoms with Crippen molar-refractivity contribution in [2.45, 2.75) is 44.1 Å². The average molecular weight is 253 g/mol. The van der Waals surface area contributed by atoms with E-state index >= 15 is 0 Å². The summed E-state index contributed by atoms with van der Waals surface area (Å²) < 4.78 is 0. The lowest BCUT2D eigenvalue weighted by atomic mass is 10.0. The van der Waals surface area contributed by atoms with Gasteiger partial charge in [-0.15, -0.1) is 0 Å². The molecule has 1 aromatic heterocycles. The fourth-order valence-electron chi connectivity index (χ4n) is 2.25. The van der Waals surface area contributed by atoms with E-state index in [1.165, 1.54) is 5.56 Å². The Kier molecular flexibility index (Phi) is 4.18. The van der Waals surface area contributed by atoms with Gasteiger partial charge >= 0.3 is 0 Å². The van der Waals surface area contributed by atoms with E-state index in [1.54, 1.807) is 11.3 Å². The first-order chi connectivity index (χ1) is 8.18. The van der Waals surface area contributed by atoms with Crippen molar-refractivity contribution in [2.75, 3.05) is 6.54 Å². The summed E-state index contributed by atoms with van der Waals surface area (Å²) in [7, 11) is 0. The van der Waals surface area contributed by atoms with Crippen molar-refractivity contribution in [1.29, 1.82) is 0 Å². The molecule has 94 valence electrons. The van der Waals surface area contributed by atoms with Gasteiger partial charge in [0.25, 0.3) is 0 Å². The molecular weight excluding hydrogens is 234 g/mol. The highest BCUT2D eigenvalue weighted by Gasteiger charge is 2.31. The van der Waals surface area contributed by atoms with Gasteiger partial charge in [0.2, 0.25) is 5.91 Å². The van der Waals surface area contributed by atoms with Crippen LogP contribution in [0.2, 0.25) is 0 Å². The van der Waals surface area contributed by atoms with Crippen LogP contribution in [-0.4, -0.2) is 23.2 Å². The topological polar surface area (TPSA) is 49.3 Å². The number of nitrogens with one attached hydrogen (secondary N) is 1. The highest BCUT2D eigenvalue weighted by molar-refractivity contribution is 7.07. The first kappa shape index (κ1) is 12.6. The minimum atomic E-state index is -0.641. The molecule has 0 aromatic carbocycles. The summed E-state index contributed by atoms with van der Waals surface area (Å²) in [4.78, 5) is 11.6. The van der Waals surface area contributed by atoms with E-state index in [9.17, 15) is 9.90 Å². The number of hydrogen-bond donors (Lipinski definition) is 2. The van der Waals surface area contributed by atoms with Gasteiger partial charge in [-0.1, -0.05) is 12.8 Å². The Hall–Kier alpha value is -0.870. The zero-order valence-corrected chi connectivity index (χ0v) is 10.8. The number of aryl methyl sites for hydroxylation is 1. The molecule has 1 aliphatic carbocycles. The number of thiophene rings is 1. The molecule has 1 aromatic rings. The van der Waals surface area contributed by atoms with Crippen LogP contribution in [0.15, 0.2) is 16.8 Å². The summed E-state index contributed by atoms with van der Waals surface area (Å²) in [6, 6.07) is 2.04. The number of carbonyl (C=O) groups excluding carboxylic acids is 1. The van der Waals surface area contributed by atoms with Crippen molar-refractivity contribution >= 4 is 17.2 Å². The third-order valence-electron chi connectivity index (χ3n) is 3.37. The summed E-state index contributed by atoms with van der Waals surface area (Å²) in [5, 5.41) is 17.0. The van der Waals surface area contributed by atoms with E-state index in [1.807, 2.05) is 11.4 Å². The van der Waals surface area contributed by atoms with Crippen molar-refractivity contribution in [2.24, 2.45) is 0 Å². The van der Waals surface area contributed by atoms with Gasteiger partial charge in [-0.2, -0.15) is 11.3 Å². The summed E-state index contributed by atoms with van der Waals surface area (Å²) in [6.07, 6.45) is 5.07. The first-order valence-electron chi connectivity index (χ1n) is 6.18. The van der Waals surface area contributed by atoms with Crippen LogP contribution in [0, 0.1) is 0 Å². The van der Waals surface area contributed by atoms with Crippen LogP contribution in [0.5, 0.6) is 0 Å². The quantitative estimate of drug-likeness (QED) is 0.844. The van der Waals surface area contributed by atoms with Crippen LogP contribution >= 0.6 is 11.3 Å². The highest BCUT2D eigenvalue weighted by Crippen LogP contribution is 2.28. The molecule has 1 aliphatic rings. The molecule has 0 atom stereocenters. The molecule has 3 nitrogen and oxygen atoms in total. The molecule has 0 radical (unpaired) electrons. The van der Waals surface area contributed by atoms with Gasteiger partial charge in [0.1, 0.15) is 0 Å². The smallest absolute Gasteiger partial charge is 0.220 e. The van der Waals surface area contributed by atoms with Crippen LogP contribution < -0.4 is 5.32 Å². The van der Waals surface area contributed by atoms with Gasteiger partial charge in [-0.05, 0) is 41.7 Å². The summed E-state index contributed by atoms with van der Waals surface area (Å²) in [5.74, 6) is 0.0384. The van der Waals surface area contributed by atoms with E-state index in [4.69, 9.17) is 0 Å². The zero-order valence-electron chi connectivity index (χ0n) is 9.95. The van der Waals surface area contributed by atoms with Crippen molar-refractivity contribution in [3.05, 3.63) is 22.4 Å². The lowest BCUT2D eigenvalue weighted by Crippen LogP contribution is -2.40. The van der Waals surface area contributed by atoms with Crippen LogP contribution in [0.4, 0.5) is 0 Å². The molecule has 0 bridgehead atoms. The molecule has 1 saturated carbocycles. The molecule has 0 saturated heterocycles. The lowest BCUT2D eigenvalue weighted by Gasteiger charge is -2.22. The molecule has 1 amide bonds. The van der Waals surface area contributed by atoms with E-state index in [0.717, 1.165) is 32.1 Å². The van der Waals surface area contributed by atoms with Gasteiger partial charge in [-0.25, -0.2) is 0 Å². The number of hydrogen-bond acceptors (Lipinski definition) is 3. The van der Waals surface area contributed by atoms with E-state index in [2.05, 4.69) is 10.7 Å². The maximum Gasteiger partial charge on any atom is 0.220 e. The molecule has 0 unspecified atom stereocenters. The maximum absolute atomic E-state index is 11.6. The molecule has 4 heteroatoms. The molecule has 1 fully saturated rings. The number of amides is 1. The van der Waals surface area contributed by atoms with Crippen LogP contribution in [0.3, 0.4) is 0 Å².